The van der Waals surface area contributed by atoms with Crippen LogP contribution in [0.25, 0.3) is 44.8 Å². The zero-order valence-corrected chi connectivity index (χ0v) is 22.8. The molecule has 6 heteroatoms. The van der Waals surface area contributed by atoms with E-state index in [0.29, 0.717) is 0 Å². The fourth-order valence-corrected chi connectivity index (χ4v) is 4.17. The molecule has 0 bridgehead atoms. The molecule has 0 amide bonds. The monoisotopic (exact) mass is 544 g/mol. The fraction of sp³-hybridized carbons (Fsp3) is 0. The number of hydrogen-bond donors (Lipinski definition) is 0. The molecular formula is C36H28N6. The molecule has 6 heterocycles. The van der Waals surface area contributed by atoms with Gasteiger partial charge in [0, 0.05) is 95.3 Å². The molecule has 0 aliphatic rings. The summed E-state index contributed by atoms with van der Waals surface area (Å²) in [4.78, 5) is 25.5. The lowest BCUT2D eigenvalue weighted by Gasteiger charge is -2.07. The maximum atomic E-state index is 4.46. The van der Waals surface area contributed by atoms with E-state index >= 15 is 0 Å². The molecule has 0 spiro atoms. The van der Waals surface area contributed by atoms with E-state index in [1.807, 2.05) is 134 Å². The van der Waals surface area contributed by atoms with E-state index in [-0.39, 0.29) is 0 Å². The quantitative estimate of drug-likeness (QED) is 0.223. The van der Waals surface area contributed by atoms with Gasteiger partial charge in [0.25, 0.3) is 0 Å². The number of aromatic nitrogens is 6. The van der Waals surface area contributed by atoms with E-state index < -0.39 is 0 Å². The molecule has 0 aliphatic carbocycles. The van der Waals surface area contributed by atoms with Crippen molar-refractivity contribution in [2.45, 2.75) is 0 Å². The first kappa shape index (κ1) is 27.7. The minimum absolute atomic E-state index is 0.929. The third-order valence-electron chi connectivity index (χ3n) is 6.10. The van der Waals surface area contributed by atoms with Gasteiger partial charge < -0.3 is 0 Å². The van der Waals surface area contributed by atoms with E-state index in [1.54, 1.807) is 37.2 Å². The van der Waals surface area contributed by atoms with Crippen molar-refractivity contribution in [1.82, 2.24) is 29.9 Å². The molecule has 0 fully saturated rings. The predicted octanol–water partition coefficient (Wildman–Crippen LogP) is 8.10. The van der Waals surface area contributed by atoms with Crippen LogP contribution >= 0.6 is 0 Å². The Kier molecular flexibility index (Phi) is 9.92. The average Bonchev–Trinajstić information content (AvgIpc) is 3.11. The molecule has 0 unspecified atom stereocenters. The number of rotatable bonds is 4. The van der Waals surface area contributed by atoms with Crippen molar-refractivity contribution in [3.8, 4) is 44.8 Å². The van der Waals surface area contributed by atoms with Crippen molar-refractivity contribution in [1.29, 1.82) is 0 Å². The molecule has 7 aromatic rings. The van der Waals surface area contributed by atoms with Gasteiger partial charge in [-0.1, -0.05) is 60.7 Å². The number of hydrogen-bond acceptors (Lipinski definition) is 6. The van der Waals surface area contributed by atoms with Gasteiger partial charge in [0.1, 0.15) is 0 Å². The van der Waals surface area contributed by atoms with Gasteiger partial charge in [-0.05, 0) is 48.5 Å². The molecule has 0 N–H and O–H groups in total. The number of benzene rings is 1. The second-order valence-corrected chi connectivity index (χ2v) is 8.92. The highest BCUT2D eigenvalue weighted by Gasteiger charge is 2.09. The Morgan fingerprint density at radius 3 is 0.905 bits per heavy atom. The lowest BCUT2D eigenvalue weighted by molar-refractivity contribution is 1.27. The topological polar surface area (TPSA) is 77.3 Å². The summed E-state index contributed by atoms with van der Waals surface area (Å²) in [5.74, 6) is 0. The summed E-state index contributed by atoms with van der Waals surface area (Å²) in [6.07, 6.45) is 18.0. The smallest absolute Gasteiger partial charge is 0.0796 e. The van der Waals surface area contributed by atoms with E-state index in [2.05, 4.69) is 29.9 Å². The van der Waals surface area contributed by atoms with Crippen molar-refractivity contribution in [2.75, 3.05) is 0 Å². The van der Waals surface area contributed by atoms with E-state index in [9.17, 15) is 0 Å². The molecule has 42 heavy (non-hydrogen) atoms. The molecule has 0 saturated heterocycles. The van der Waals surface area contributed by atoms with Crippen LogP contribution in [-0.4, -0.2) is 29.9 Å². The van der Waals surface area contributed by atoms with E-state index in [0.717, 1.165) is 44.8 Å². The Bertz CT molecular complexity index is 1490. The van der Waals surface area contributed by atoms with Crippen molar-refractivity contribution in [3.63, 3.8) is 0 Å². The predicted molar refractivity (Wildman–Crippen MR) is 168 cm³/mol. The Morgan fingerprint density at radius 2 is 0.595 bits per heavy atom. The zero-order chi connectivity index (χ0) is 28.7. The standard InChI is InChI=1S/2C15H11N3.C6H6/c2*1-4-12(10-16-7-1)14-6-3-9-18-15(14)13-5-2-8-17-11-13;1-2-4-6-5-3-1/h2*1-11H;1-6H. The van der Waals surface area contributed by atoms with Crippen molar-refractivity contribution in [2.24, 2.45) is 0 Å². The lowest BCUT2D eigenvalue weighted by Crippen LogP contribution is -1.89. The Labute approximate surface area is 245 Å². The molecule has 0 atom stereocenters. The van der Waals surface area contributed by atoms with Crippen LogP contribution in [0.4, 0.5) is 0 Å². The minimum Gasteiger partial charge on any atom is -0.264 e. The Morgan fingerprint density at radius 1 is 0.286 bits per heavy atom. The van der Waals surface area contributed by atoms with Gasteiger partial charge in [0.2, 0.25) is 0 Å². The Balaban J connectivity index is 0.000000141. The molecular weight excluding hydrogens is 516 g/mol. The van der Waals surface area contributed by atoms with Crippen LogP contribution in [0.15, 0.2) is 171 Å². The van der Waals surface area contributed by atoms with Crippen LogP contribution in [0.5, 0.6) is 0 Å². The van der Waals surface area contributed by atoms with Crippen molar-refractivity contribution in [3.05, 3.63) is 171 Å². The van der Waals surface area contributed by atoms with Gasteiger partial charge in [-0.2, -0.15) is 0 Å². The minimum atomic E-state index is 0.929. The van der Waals surface area contributed by atoms with Crippen LogP contribution in [0.2, 0.25) is 0 Å². The normalized spacial score (nSPS) is 9.90. The van der Waals surface area contributed by atoms with Crippen molar-refractivity contribution >= 4 is 0 Å². The zero-order valence-electron chi connectivity index (χ0n) is 22.8. The van der Waals surface area contributed by atoms with E-state index in [1.165, 1.54) is 0 Å². The molecule has 7 rings (SSSR count). The molecule has 6 nitrogen and oxygen atoms in total. The van der Waals surface area contributed by atoms with Gasteiger partial charge in [-0.25, -0.2) is 0 Å². The highest BCUT2D eigenvalue weighted by atomic mass is 14.7. The SMILES string of the molecule is c1ccccc1.c1cncc(-c2cccnc2-c2cccnc2)c1.c1cncc(-c2cccnc2-c2cccnc2)c1. The number of nitrogens with zero attached hydrogens (tertiary/aromatic N) is 6. The summed E-state index contributed by atoms with van der Waals surface area (Å²) in [5.41, 5.74) is 8.14. The Hall–Kier alpha value is -5.88. The van der Waals surface area contributed by atoms with Gasteiger partial charge in [-0.3, -0.25) is 29.9 Å². The first-order valence-electron chi connectivity index (χ1n) is 13.4. The highest BCUT2D eigenvalue weighted by molar-refractivity contribution is 5.80. The largest absolute Gasteiger partial charge is 0.264 e. The average molecular weight is 545 g/mol. The molecule has 0 saturated carbocycles. The second-order valence-electron chi connectivity index (χ2n) is 8.92. The maximum Gasteiger partial charge on any atom is 0.0796 e. The summed E-state index contributed by atoms with van der Waals surface area (Å²) >= 11 is 0. The van der Waals surface area contributed by atoms with Crippen LogP contribution in [0.3, 0.4) is 0 Å². The fourth-order valence-electron chi connectivity index (χ4n) is 4.17. The third kappa shape index (κ3) is 7.61. The molecule has 1 aromatic carbocycles. The second kappa shape index (κ2) is 15.1. The number of pyridine rings is 6. The van der Waals surface area contributed by atoms with Crippen LogP contribution in [0, 0.1) is 0 Å². The third-order valence-corrected chi connectivity index (χ3v) is 6.10. The van der Waals surface area contributed by atoms with Crippen molar-refractivity contribution < 1.29 is 0 Å². The summed E-state index contributed by atoms with van der Waals surface area (Å²) < 4.78 is 0. The summed E-state index contributed by atoms with van der Waals surface area (Å²) in [6.45, 7) is 0. The van der Waals surface area contributed by atoms with Gasteiger partial charge in [-0.15, -0.1) is 0 Å². The van der Waals surface area contributed by atoms with Gasteiger partial charge in [0.15, 0.2) is 0 Å². The lowest BCUT2D eigenvalue weighted by atomic mass is 10.0. The first-order chi connectivity index (χ1) is 20.9. The van der Waals surface area contributed by atoms with E-state index in [4.69, 9.17) is 0 Å². The first-order valence-corrected chi connectivity index (χ1v) is 13.4. The van der Waals surface area contributed by atoms with Crippen LogP contribution in [0.1, 0.15) is 0 Å². The van der Waals surface area contributed by atoms with Gasteiger partial charge in [0.05, 0.1) is 11.4 Å². The molecule has 6 aromatic heterocycles. The summed E-state index contributed by atoms with van der Waals surface area (Å²) in [7, 11) is 0. The van der Waals surface area contributed by atoms with Crippen LogP contribution < -0.4 is 0 Å². The maximum absolute atomic E-state index is 4.46. The summed E-state index contributed by atoms with van der Waals surface area (Å²) in [6, 6.07) is 35.7. The van der Waals surface area contributed by atoms with Crippen LogP contribution in [-0.2, 0) is 0 Å². The molecule has 0 radical (unpaired) electrons. The molecule has 0 aliphatic heterocycles. The highest BCUT2D eigenvalue weighted by Crippen LogP contribution is 2.29. The molecule has 202 valence electrons. The summed E-state index contributed by atoms with van der Waals surface area (Å²) in [5, 5.41) is 0. The van der Waals surface area contributed by atoms with Gasteiger partial charge >= 0.3 is 0 Å².